The molecule has 2 rings (SSSR count). The van der Waals surface area contributed by atoms with Crippen LogP contribution in [-0.2, 0) is 15.7 Å². The minimum absolute atomic E-state index is 0.134. The highest BCUT2D eigenvalue weighted by atomic mass is 31.1. The van der Waals surface area contributed by atoms with E-state index in [0.717, 1.165) is 0 Å². The maximum atomic E-state index is 11.4. The quantitative estimate of drug-likeness (QED) is 0.746. The molecule has 1 heterocycles. The van der Waals surface area contributed by atoms with Crippen LogP contribution in [0.1, 0.15) is 5.76 Å². The van der Waals surface area contributed by atoms with Crippen molar-refractivity contribution in [1.29, 1.82) is 0 Å². The average Bonchev–Trinajstić information content (AvgIpc) is 2.81. The average molecular weight is 237 g/mol. The van der Waals surface area contributed by atoms with Gasteiger partial charge in [-0.05, 0) is 24.3 Å². The molecule has 0 N–H and O–H groups in total. The highest BCUT2D eigenvalue weighted by Crippen LogP contribution is 2.28. The normalized spacial score (nSPS) is 11.1. The van der Waals surface area contributed by atoms with Crippen molar-refractivity contribution in [3.63, 3.8) is 0 Å². The number of furan rings is 1. The van der Waals surface area contributed by atoms with Gasteiger partial charge in [0, 0.05) is 4.57 Å². The van der Waals surface area contributed by atoms with Gasteiger partial charge in [0.25, 0.3) is 0 Å². The largest absolute Gasteiger partial charge is 0.750 e. The predicted molar refractivity (Wildman–Crippen MR) is 58.2 cm³/mol. The zero-order valence-corrected chi connectivity index (χ0v) is 9.30. The van der Waals surface area contributed by atoms with Crippen molar-refractivity contribution in [3.8, 4) is 5.75 Å². The van der Waals surface area contributed by atoms with Crippen molar-refractivity contribution in [3.05, 3.63) is 54.5 Å². The summed E-state index contributed by atoms with van der Waals surface area (Å²) in [7, 11) is -2.17. The van der Waals surface area contributed by atoms with Crippen LogP contribution in [-0.4, -0.2) is 0 Å². The second kappa shape index (κ2) is 5.45. The van der Waals surface area contributed by atoms with Gasteiger partial charge in [-0.2, -0.15) is 0 Å². The third-order valence-corrected chi connectivity index (χ3v) is 2.52. The number of para-hydroxylation sites is 1. The first-order valence-corrected chi connectivity index (χ1v) is 5.80. The lowest BCUT2D eigenvalue weighted by atomic mass is 10.3. The van der Waals surface area contributed by atoms with Gasteiger partial charge in [0.15, 0.2) is 12.4 Å². The number of benzene rings is 1. The van der Waals surface area contributed by atoms with Crippen LogP contribution in [0.5, 0.6) is 5.75 Å². The molecule has 82 valence electrons. The van der Waals surface area contributed by atoms with Gasteiger partial charge in [-0.1, -0.05) is 18.2 Å². The lowest BCUT2D eigenvalue weighted by Gasteiger charge is -1.91. The van der Waals surface area contributed by atoms with E-state index in [4.69, 9.17) is 13.5 Å². The molecule has 0 aliphatic carbocycles. The molecule has 1 unspecified atom stereocenters. The van der Waals surface area contributed by atoms with Gasteiger partial charge in [0.05, 0.1) is 6.26 Å². The van der Waals surface area contributed by atoms with Crippen molar-refractivity contribution in [2.45, 2.75) is 6.61 Å². The number of rotatable bonds is 5. The summed E-state index contributed by atoms with van der Waals surface area (Å²) in [5.74, 6) is 1.13. The molecule has 4 nitrogen and oxygen atoms in total. The van der Waals surface area contributed by atoms with Crippen LogP contribution >= 0.6 is 8.25 Å². The maximum Gasteiger partial charge on any atom is 0.750 e. The molecule has 0 bridgehead atoms. The van der Waals surface area contributed by atoms with Gasteiger partial charge in [-0.3, -0.25) is 0 Å². The first-order chi connectivity index (χ1) is 7.84. The highest BCUT2D eigenvalue weighted by molar-refractivity contribution is 7.33. The summed E-state index contributed by atoms with van der Waals surface area (Å²) >= 11 is 0. The minimum Gasteiger partial charge on any atom is -0.467 e. The molecule has 1 atom stereocenters. The second-order valence-electron chi connectivity index (χ2n) is 2.98. The Bertz CT molecular complexity index is 438. The molecule has 0 fully saturated rings. The number of hydrogen-bond acceptors (Lipinski definition) is 4. The zero-order valence-electron chi connectivity index (χ0n) is 8.41. The summed E-state index contributed by atoms with van der Waals surface area (Å²) in [6.07, 6.45) is 1.53. The summed E-state index contributed by atoms with van der Waals surface area (Å²) in [6, 6.07) is 12.3. The van der Waals surface area contributed by atoms with E-state index in [1.165, 1.54) is 6.26 Å². The Balaban J connectivity index is 1.81. The lowest BCUT2D eigenvalue weighted by Crippen LogP contribution is -1.87. The molecule has 0 spiro atoms. The van der Waals surface area contributed by atoms with E-state index in [-0.39, 0.29) is 6.61 Å². The van der Waals surface area contributed by atoms with E-state index in [0.29, 0.717) is 11.5 Å². The van der Waals surface area contributed by atoms with Crippen LogP contribution in [0.2, 0.25) is 0 Å². The number of hydrogen-bond donors (Lipinski definition) is 0. The van der Waals surface area contributed by atoms with Crippen LogP contribution < -0.4 is 4.52 Å². The molecular formula is C11H10O4P+. The summed E-state index contributed by atoms with van der Waals surface area (Å²) < 4.78 is 26.4. The van der Waals surface area contributed by atoms with E-state index < -0.39 is 8.25 Å². The molecule has 16 heavy (non-hydrogen) atoms. The van der Waals surface area contributed by atoms with E-state index in [9.17, 15) is 4.57 Å². The van der Waals surface area contributed by atoms with Crippen molar-refractivity contribution >= 4 is 8.25 Å². The standard InChI is InChI=1S/C11H10O4P/c12-16(14-9-11-7-4-8-13-11)15-10-5-2-1-3-6-10/h1-8H,9H2/q+1. The second-order valence-corrected chi connectivity index (χ2v) is 3.87. The smallest absolute Gasteiger partial charge is 0.467 e. The van der Waals surface area contributed by atoms with E-state index in [1.807, 2.05) is 6.07 Å². The molecule has 0 saturated heterocycles. The summed E-state index contributed by atoms with van der Waals surface area (Å²) in [5.41, 5.74) is 0. The van der Waals surface area contributed by atoms with Crippen LogP contribution in [0.15, 0.2) is 53.1 Å². The first kappa shape index (κ1) is 10.9. The van der Waals surface area contributed by atoms with Crippen molar-refractivity contribution < 1.29 is 18.0 Å². The Morgan fingerprint density at radius 1 is 1.12 bits per heavy atom. The SMILES string of the molecule is O=[P+](OCc1ccco1)Oc1ccccc1. The third-order valence-electron chi connectivity index (χ3n) is 1.82. The summed E-state index contributed by atoms with van der Waals surface area (Å²) in [6.45, 7) is 0.134. The Morgan fingerprint density at radius 3 is 2.62 bits per heavy atom. The predicted octanol–water partition coefficient (Wildman–Crippen LogP) is 3.53. The molecule has 1 aromatic heterocycles. The maximum absolute atomic E-state index is 11.4. The van der Waals surface area contributed by atoms with Crippen LogP contribution in [0.25, 0.3) is 0 Å². The van der Waals surface area contributed by atoms with Crippen molar-refractivity contribution in [1.82, 2.24) is 0 Å². The Morgan fingerprint density at radius 2 is 1.94 bits per heavy atom. The van der Waals surface area contributed by atoms with Crippen LogP contribution in [0, 0.1) is 0 Å². The van der Waals surface area contributed by atoms with Gasteiger partial charge in [-0.15, -0.1) is 4.52 Å². The molecule has 0 aliphatic rings. The molecule has 5 heteroatoms. The fourth-order valence-corrected chi connectivity index (χ4v) is 1.68. The summed E-state index contributed by atoms with van der Waals surface area (Å²) in [5, 5.41) is 0. The van der Waals surface area contributed by atoms with Gasteiger partial charge in [0.1, 0.15) is 5.76 Å². The van der Waals surface area contributed by atoms with Gasteiger partial charge >= 0.3 is 8.25 Å². The fourth-order valence-electron chi connectivity index (χ4n) is 1.10. The molecule has 0 aliphatic heterocycles. The zero-order chi connectivity index (χ0) is 11.2. The van der Waals surface area contributed by atoms with Gasteiger partial charge < -0.3 is 4.42 Å². The third kappa shape index (κ3) is 3.19. The Labute approximate surface area is 93.8 Å². The summed E-state index contributed by atoms with van der Waals surface area (Å²) in [4.78, 5) is 0. The molecule has 1 aromatic carbocycles. The van der Waals surface area contributed by atoms with Gasteiger partial charge in [0.2, 0.25) is 0 Å². The topological polar surface area (TPSA) is 48.7 Å². The lowest BCUT2D eigenvalue weighted by molar-refractivity contribution is 0.250. The van der Waals surface area contributed by atoms with E-state index in [2.05, 4.69) is 0 Å². The van der Waals surface area contributed by atoms with Crippen LogP contribution in [0.3, 0.4) is 0 Å². The molecule has 2 aromatic rings. The van der Waals surface area contributed by atoms with Crippen LogP contribution in [0.4, 0.5) is 0 Å². The van der Waals surface area contributed by atoms with E-state index in [1.54, 1.807) is 36.4 Å². The molecular weight excluding hydrogens is 227 g/mol. The molecule has 0 radical (unpaired) electrons. The fraction of sp³-hybridized carbons (Fsp3) is 0.0909. The molecule has 0 saturated carbocycles. The first-order valence-electron chi connectivity index (χ1n) is 4.70. The highest BCUT2D eigenvalue weighted by Gasteiger charge is 2.22. The Hall–Kier alpha value is -1.64. The van der Waals surface area contributed by atoms with Crippen molar-refractivity contribution in [2.75, 3.05) is 0 Å². The van der Waals surface area contributed by atoms with Gasteiger partial charge in [-0.25, -0.2) is 4.52 Å². The monoisotopic (exact) mass is 237 g/mol. The van der Waals surface area contributed by atoms with Crippen molar-refractivity contribution in [2.24, 2.45) is 0 Å². The Kier molecular flexibility index (Phi) is 3.70. The van der Waals surface area contributed by atoms with E-state index >= 15 is 0 Å². The minimum atomic E-state index is -2.17. The molecule has 0 amide bonds.